The van der Waals surface area contributed by atoms with Crippen molar-refractivity contribution in [2.24, 2.45) is 5.10 Å². The molecule has 1 aliphatic rings. The van der Waals surface area contributed by atoms with Crippen molar-refractivity contribution < 1.29 is 19.1 Å². The van der Waals surface area contributed by atoms with Crippen molar-refractivity contribution in [2.45, 2.75) is 39.7 Å². The molecule has 0 bridgehead atoms. The average Bonchev–Trinajstić information content (AvgIpc) is 2.83. The van der Waals surface area contributed by atoms with Crippen LogP contribution in [0.3, 0.4) is 0 Å². The molecule has 0 saturated heterocycles. The molecular formula is C26H30N4O4S. The number of carbonyl (C=O) groups excluding carboxylic acids is 2. The number of para-hydroxylation sites is 1. The third-order valence-corrected chi connectivity index (χ3v) is 5.58. The molecular weight excluding hydrogens is 464 g/mol. The predicted octanol–water partition coefficient (Wildman–Crippen LogP) is 3.70. The molecule has 0 spiro atoms. The van der Waals surface area contributed by atoms with Crippen LogP contribution in [0.5, 0.6) is 5.75 Å². The van der Waals surface area contributed by atoms with Gasteiger partial charge in [0.25, 0.3) is 5.91 Å². The van der Waals surface area contributed by atoms with E-state index in [0.29, 0.717) is 33.6 Å². The van der Waals surface area contributed by atoms with E-state index in [0.717, 1.165) is 5.56 Å². The Labute approximate surface area is 210 Å². The summed E-state index contributed by atoms with van der Waals surface area (Å²) in [7, 11) is 0. The number of allylic oxidation sites excluding steroid dienone is 1. The van der Waals surface area contributed by atoms with Crippen LogP contribution >= 0.6 is 12.2 Å². The summed E-state index contributed by atoms with van der Waals surface area (Å²) in [6, 6.07) is 14.5. The van der Waals surface area contributed by atoms with Gasteiger partial charge in [0.05, 0.1) is 24.4 Å². The van der Waals surface area contributed by atoms with Crippen molar-refractivity contribution in [1.82, 2.24) is 16.1 Å². The van der Waals surface area contributed by atoms with Gasteiger partial charge in [-0.15, -0.1) is 0 Å². The standard InChI is InChI=1S/C26H30N4O4S/c1-5-33-25(32)23-17(4)28-26(35)29-24(23)20-8-6-7-9-21(20)34-15-22(31)30-27-14-18-10-12-19(13-11-18)16(2)3/h6-14,16,24H,5,15H2,1-4H3,(H,30,31)(H2,28,29,35)/t24-/m0/s1. The fourth-order valence-electron chi connectivity index (χ4n) is 3.58. The third-order valence-electron chi connectivity index (χ3n) is 5.36. The molecule has 1 aliphatic heterocycles. The van der Waals surface area contributed by atoms with Crippen molar-refractivity contribution in [3.05, 3.63) is 76.5 Å². The molecule has 2 aromatic carbocycles. The third kappa shape index (κ3) is 6.89. The molecule has 0 aliphatic carbocycles. The van der Waals surface area contributed by atoms with E-state index in [1.807, 2.05) is 36.4 Å². The van der Waals surface area contributed by atoms with Crippen LogP contribution in [0.4, 0.5) is 0 Å². The van der Waals surface area contributed by atoms with E-state index in [9.17, 15) is 9.59 Å². The Morgan fingerprint density at radius 3 is 2.57 bits per heavy atom. The number of nitrogens with one attached hydrogen (secondary N) is 3. The first-order chi connectivity index (χ1) is 16.8. The van der Waals surface area contributed by atoms with Crippen molar-refractivity contribution in [3.63, 3.8) is 0 Å². The van der Waals surface area contributed by atoms with Crippen molar-refractivity contribution in [1.29, 1.82) is 0 Å². The summed E-state index contributed by atoms with van der Waals surface area (Å²) >= 11 is 5.29. The summed E-state index contributed by atoms with van der Waals surface area (Å²) in [6.45, 7) is 7.76. The Kier molecular flexibility index (Phi) is 8.97. The minimum absolute atomic E-state index is 0.244. The highest BCUT2D eigenvalue weighted by Crippen LogP contribution is 2.33. The maximum absolute atomic E-state index is 12.6. The molecule has 1 amide bonds. The molecule has 0 unspecified atom stereocenters. The highest BCUT2D eigenvalue weighted by atomic mass is 32.1. The molecule has 0 radical (unpaired) electrons. The molecule has 0 fully saturated rings. The number of hydrogen-bond donors (Lipinski definition) is 3. The zero-order chi connectivity index (χ0) is 25.4. The Bertz CT molecular complexity index is 1140. The maximum Gasteiger partial charge on any atom is 0.338 e. The van der Waals surface area contributed by atoms with Gasteiger partial charge in [0.15, 0.2) is 11.7 Å². The predicted molar refractivity (Wildman–Crippen MR) is 139 cm³/mol. The van der Waals surface area contributed by atoms with Crippen molar-refractivity contribution in [3.8, 4) is 5.75 Å². The smallest absolute Gasteiger partial charge is 0.338 e. The number of hydrogen-bond acceptors (Lipinski definition) is 6. The highest BCUT2D eigenvalue weighted by Gasteiger charge is 2.32. The molecule has 3 rings (SSSR count). The van der Waals surface area contributed by atoms with Gasteiger partial charge in [0, 0.05) is 11.3 Å². The minimum Gasteiger partial charge on any atom is -0.483 e. The van der Waals surface area contributed by atoms with Crippen molar-refractivity contribution in [2.75, 3.05) is 13.2 Å². The number of benzene rings is 2. The molecule has 0 aromatic heterocycles. The van der Waals surface area contributed by atoms with E-state index in [1.54, 1.807) is 32.2 Å². The van der Waals surface area contributed by atoms with Gasteiger partial charge in [0.1, 0.15) is 5.75 Å². The summed E-state index contributed by atoms with van der Waals surface area (Å²) in [6.07, 6.45) is 1.58. The number of carbonyl (C=O) groups is 2. The Morgan fingerprint density at radius 1 is 1.17 bits per heavy atom. The second kappa shape index (κ2) is 12.1. The lowest BCUT2D eigenvalue weighted by molar-refractivity contribution is -0.139. The largest absolute Gasteiger partial charge is 0.483 e. The molecule has 8 nitrogen and oxygen atoms in total. The monoisotopic (exact) mass is 494 g/mol. The summed E-state index contributed by atoms with van der Waals surface area (Å²) < 4.78 is 11.0. The van der Waals surface area contributed by atoms with E-state index in [2.05, 4.69) is 35.0 Å². The first kappa shape index (κ1) is 25.9. The van der Waals surface area contributed by atoms with Gasteiger partial charge in [-0.2, -0.15) is 5.10 Å². The lowest BCUT2D eigenvalue weighted by atomic mass is 9.95. The SMILES string of the molecule is CCOC(=O)C1=C(C)NC(=S)N[C@H]1c1ccccc1OCC(=O)NN=Cc1ccc(C(C)C)cc1. The number of rotatable bonds is 9. The van der Waals surface area contributed by atoms with E-state index in [1.165, 1.54) is 5.56 Å². The summed E-state index contributed by atoms with van der Waals surface area (Å²) in [4.78, 5) is 25.0. The van der Waals surface area contributed by atoms with Crippen LogP contribution in [0.15, 0.2) is 64.9 Å². The van der Waals surface area contributed by atoms with E-state index in [4.69, 9.17) is 21.7 Å². The number of thiocarbonyl (C=S) groups is 1. The summed E-state index contributed by atoms with van der Waals surface area (Å²) in [5.74, 6) is 0.0126. The molecule has 184 valence electrons. The topological polar surface area (TPSA) is 101 Å². The molecule has 2 aromatic rings. The first-order valence-corrected chi connectivity index (χ1v) is 11.8. The van der Waals surface area contributed by atoms with Gasteiger partial charge < -0.3 is 20.1 Å². The van der Waals surface area contributed by atoms with Gasteiger partial charge in [-0.05, 0) is 49.2 Å². The quantitative estimate of drug-likeness (QED) is 0.212. The molecule has 1 heterocycles. The Morgan fingerprint density at radius 2 is 1.89 bits per heavy atom. The van der Waals surface area contributed by atoms with Crippen LogP contribution in [-0.2, 0) is 14.3 Å². The van der Waals surface area contributed by atoms with Crippen LogP contribution in [0.25, 0.3) is 0 Å². The van der Waals surface area contributed by atoms with Gasteiger partial charge in [-0.1, -0.05) is 56.3 Å². The van der Waals surface area contributed by atoms with Crippen LogP contribution in [0.1, 0.15) is 56.3 Å². The minimum atomic E-state index is -0.589. The fourth-order valence-corrected chi connectivity index (χ4v) is 3.85. The van der Waals surface area contributed by atoms with Crippen LogP contribution < -0.4 is 20.8 Å². The molecule has 0 saturated carbocycles. The highest BCUT2D eigenvalue weighted by molar-refractivity contribution is 7.80. The zero-order valence-corrected chi connectivity index (χ0v) is 21.1. The average molecular weight is 495 g/mol. The van der Waals surface area contributed by atoms with Crippen LogP contribution in [0.2, 0.25) is 0 Å². The summed E-state index contributed by atoms with van der Waals surface area (Å²) in [5.41, 5.74) is 6.23. The number of esters is 1. The number of ether oxygens (including phenoxy) is 2. The summed E-state index contributed by atoms with van der Waals surface area (Å²) in [5, 5.41) is 10.4. The molecule has 1 atom stereocenters. The number of hydrazone groups is 1. The van der Waals surface area contributed by atoms with Gasteiger partial charge in [-0.25, -0.2) is 10.2 Å². The van der Waals surface area contributed by atoms with Gasteiger partial charge in [-0.3, -0.25) is 4.79 Å². The normalized spacial score (nSPS) is 15.6. The van der Waals surface area contributed by atoms with E-state index in [-0.39, 0.29) is 13.2 Å². The number of amides is 1. The van der Waals surface area contributed by atoms with Gasteiger partial charge in [0.2, 0.25) is 0 Å². The molecule has 35 heavy (non-hydrogen) atoms. The Hall–Kier alpha value is -3.72. The number of nitrogens with zero attached hydrogens (tertiary/aromatic N) is 1. The fraction of sp³-hybridized carbons (Fsp3) is 0.308. The van der Waals surface area contributed by atoms with Crippen LogP contribution in [0, 0.1) is 0 Å². The Balaban J connectivity index is 1.68. The van der Waals surface area contributed by atoms with E-state index >= 15 is 0 Å². The lowest BCUT2D eigenvalue weighted by Gasteiger charge is -2.30. The molecule has 9 heteroatoms. The second-order valence-corrected chi connectivity index (χ2v) is 8.64. The second-order valence-electron chi connectivity index (χ2n) is 8.23. The van der Waals surface area contributed by atoms with Crippen LogP contribution in [-0.4, -0.2) is 36.4 Å². The first-order valence-electron chi connectivity index (χ1n) is 11.4. The van der Waals surface area contributed by atoms with E-state index < -0.39 is 17.9 Å². The lowest BCUT2D eigenvalue weighted by Crippen LogP contribution is -2.45. The van der Waals surface area contributed by atoms with Gasteiger partial charge >= 0.3 is 5.97 Å². The van der Waals surface area contributed by atoms with Crippen molar-refractivity contribution >= 4 is 35.4 Å². The maximum atomic E-state index is 12.6. The zero-order valence-electron chi connectivity index (χ0n) is 20.3. The molecule has 3 N–H and O–H groups in total.